The molecule has 2 N–H and O–H groups in total. The minimum absolute atomic E-state index is 0.0435. The average molecular weight is 261 g/mol. The normalized spacial score (nSPS) is 21.9. The first-order valence-electron chi connectivity index (χ1n) is 6.22. The maximum Gasteiger partial charge on any atom is 0.287 e. The van der Waals surface area contributed by atoms with Crippen LogP contribution in [-0.2, 0) is 0 Å². The van der Waals surface area contributed by atoms with Gasteiger partial charge in [0.15, 0.2) is 0 Å². The van der Waals surface area contributed by atoms with Crippen molar-refractivity contribution < 1.29 is 10.0 Å². The number of nitriles is 1. The van der Waals surface area contributed by atoms with Crippen LogP contribution in [0.25, 0.3) is 0 Å². The molecule has 0 amide bonds. The van der Waals surface area contributed by atoms with Crippen molar-refractivity contribution in [1.82, 2.24) is 0 Å². The largest absolute Gasteiger partial charge is 0.393 e. The van der Waals surface area contributed by atoms with Crippen LogP contribution in [0.1, 0.15) is 24.8 Å². The van der Waals surface area contributed by atoms with E-state index in [4.69, 9.17) is 5.26 Å². The summed E-state index contributed by atoms with van der Waals surface area (Å²) in [6, 6.07) is 6.20. The number of aliphatic hydroxyl groups is 1. The van der Waals surface area contributed by atoms with Crippen LogP contribution in [0.2, 0.25) is 0 Å². The van der Waals surface area contributed by atoms with Crippen molar-refractivity contribution in [2.24, 2.45) is 5.92 Å². The van der Waals surface area contributed by atoms with Crippen molar-refractivity contribution in [2.45, 2.75) is 25.4 Å². The van der Waals surface area contributed by atoms with E-state index in [0.29, 0.717) is 12.2 Å². The molecule has 2 rings (SSSR count). The number of aliphatic hydroxyl groups excluding tert-OH is 1. The van der Waals surface area contributed by atoms with Crippen molar-refractivity contribution in [1.29, 1.82) is 5.26 Å². The van der Waals surface area contributed by atoms with E-state index in [9.17, 15) is 15.2 Å². The molecule has 0 aromatic heterocycles. The molecule has 1 aliphatic carbocycles. The van der Waals surface area contributed by atoms with E-state index in [1.807, 2.05) is 6.07 Å². The zero-order valence-electron chi connectivity index (χ0n) is 10.4. The third-order valence-electron chi connectivity index (χ3n) is 3.50. The van der Waals surface area contributed by atoms with E-state index in [-0.39, 0.29) is 23.3 Å². The summed E-state index contributed by atoms with van der Waals surface area (Å²) < 4.78 is 0. The number of anilines is 1. The monoisotopic (exact) mass is 261 g/mol. The van der Waals surface area contributed by atoms with E-state index in [1.54, 1.807) is 6.07 Å². The summed E-state index contributed by atoms with van der Waals surface area (Å²) in [4.78, 5) is 10.1. The Balaban J connectivity index is 2.05. The van der Waals surface area contributed by atoms with E-state index < -0.39 is 4.92 Å². The molecule has 100 valence electrons. The summed E-state index contributed by atoms with van der Waals surface area (Å²) in [5.41, 5.74) is 0.525. The van der Waals surface area contributed by atoms with Gasteiger partial charge >= 0.3 is 0 Å². The molecule has 19 heavy (non-hydrogen) atoms. The van der Waals surface area contributed by atoms with Gasteiger partial charge in [0.1, 0.15) is 11.6 Å². The first-order valence-corrected chi connectivity index (χ1v) is 6.22. The SMILES string of the molecule is N#Cc1cc(NCC2CCCC2O)ccc1[N+](=O)[O-]. The molecule has 2 unspecified atom stereocenters. The molecule has 0 saturated heterocycles. The molecule has 1 fully saturated rings. The van der Waals surface area contributed by atoms with Gasteiger partial charge in [-0.25, -0.2) is 0 Å². The molecule has 0 bridgehead atoms. The Morgan fingerprint density at radius 1 is 1.53 bits per heavy atom. The van der Waals surface area contributed by atoms with Crippen LogP contribution in [0.4, 0.5) is 11.4 Å². The first kappa shape index (κ1) is 13.3. The summed E-state index contributed by atoms with van der Waals surface area (Å²) in [5.74, 6) is 0.209. The highest BCUT2D eigenvalue weighted by molar-refractivity contribution is 5.58. The lowest BCUT2D eigenvalue weighted by molar-refractivity contribution is -0.385. The lowest BCUT2D eigenvalue weighted by atomic mass is 10.1. The number of rotatable bonds is 4. The zero-order valence-corrected chi connectivity index (χ0v) is 10.4. The Hall–Kier alpha value is -2.13. The number of nitro benzene ring substituents is 1. The van der Waals surface area contributed by atoms with E-state index >= 15 is 0 Å². The first-order chi connectivity index (χ1) is 9.11. The third-order valence-corrected chi connectivity index (χ3v) is 3.50. The third kappa shape index (κ3) is 3.01. The maximum atomic E-state index is 10.7. The number of benzene rings is 1. The Morgan fingerprint density at radius 3 is 2.89 bits per heavy atom. The van der Waals surface area contributed by atoms with Gasteiger partial charge in [0.05, 0.1) is 11.0 Å². The van der Waals surface area contributed by atoms with Crippen LogP contribution in [0.5, 0.6) is 0 Å². The molecule has 2 atom stereocenters. The molecule has 0 radical (unpaired) electrons. The minimum atomic E-state index is -0.566. The molecule has 6 heteroatoms. The van der Waals surface area contributed by atoms with Crippen LogP contribution in [0.15, 0.2) is 18.2 Å². The molecule has 6 nitrogen and oxygen atoms in total. The Morgan fingerprint density at radius 2 is 2.32 bits per heavy atom. The predicted octanol–water partition coefficient (Wildman–Crippen LogP) is 2.04. The highest BCUT2D eigenvalue weighted by atomic mass is 16.6. The van der Waals surface area contributed by atoms with Crippen LogP contribution in [0.3, 0.4) is 0 Å². The molecular weight excluding hydrogens is 246 g/mol. The van der Waals surface area contributed by atoms with Crippen LogP contribution in [-0.4, -0.2) is 22.7 Å². The van der Waals surface area contributed by atoms with E-state index in [0.717, 1.165) is 19.3 Å². The minimum Gasteiger partial charge on any atom is -0.393 e. The van der Waals surface area contributed by atoms with Gasteiger partial charge in [-0.15, -0.1) is 0 Å². The zero-order chi connectivity index (χ0) is 13.8. The molecule has 0 spiro atoms. The second kappa shape index (κ2) is 5.67. The summed E-state index contributed by atoms with van der Waals surface area (Å²) in [7, 11) is 0. The van der Waals surface area contributed by atoms with Gasteiger partial charge in [0.25, 0.3) is 5.69 Å². The number of nitrogens with one attached hydrogen (secondary N) is 1. The smallest absolute Gasteiger partial charge is 0.287 e. The van der Waals surface area contributed by atoms with Crippen LogP contribution >= 0.6 is 0 Å². The molecule has 0 aliphatic heterocycles. The molecule has 0 heterocycles. The molecular formula is C13H15N3O3. The Labute approximate surface area is 110 Å². The number of hydrogen-bond acceptors (Lipinski definition) is 5. The van der Waals surface area contributed by atoms with Crippen molar-refractivity contribution >= 4 is 11.4 Å². The van der Waals surface area contributed by atoms with Crippen molar-refractivity contribution in [3.05, 3.63) is 33.9 Å². The Kier molecular flexibility index (Phi) is 3.97. The second-order valence-corrected chi connectivity index (χ2v) is 4.74. The van der Waals surface area contributed by atoms with Gasteiger partial charge in [-0.2, -0.15) is 5.26 Å². The quantitative estimate of drug-likeness (QED) is 0.638. The molecule has 1 saturated carbocycles. The van der Waals surface area contributed by atoms with Crippen molar-refractivity contribution in [3.8, 4) is 6.07 Å². The highest BCUT2D eigenvalue weighted by Crippen LogP contribution is 2.27. The maximum absolute atomic E-state index is 10.7. The number of nitro groups is 1. The summed E-state index contributed by atoms with van der Waals surface area (Å²) in [6.45, 7) is 0.615. The second-order valence-electron chi connectivity index (χ2n) is 4.74. The van der Waals surface area contributed by atoms with E-state index in [1.165, 1.54) is 12.1 Å². The molecule has 1 aromatic carbocycles. The topological polar surface area (TPSA) is 99.2 Å². The Bertz CT molecular complexity index is 524. The fraction of sp³-hybridized carbons (Fsp3) is 0.462. The number of hydrogen-bond donors (Lipinski definition) is 2. The van der Waals surface area contributed by atoms with Gasteiger partial charge in [0, 0.05) is 24.2 Å². The van der Waals surface area contributed by atoms with Gasteiger partial charge < -0.3 is 10.4 Å². The van der Waals surface area contributed by atoms with Crippen LogP contribution < -0.4 is 5.32 Å². The van der Waals surface area contributed by atoms with Gasteiger partial charge in [0.2, 0.25) is 0 Å². The summed E-state index contributed by atoms with van der Waals surface area (Å²) in [5, 5.41) is 32.4. The fourth-order valence-electron chi connectivity index (χ4n) is 2.40. The van der Waals surface area contributed by atoms with Crippen LogP contribution in [0, 0.1) is 27.4 Å². The van der Waals surface area contributed by atoms with Crippen molar-refractivity contribution in [2.75, 3.05) is 11.9 Å². The summed E-state index contributed by atoms with van der Waals surface area (Å²) in [6.07, 6.45) is 2.56. The van der Waals surface area contributed by atoms with Gasteiger partial charge in [-0.3, -0.25) is 10.1 Å². The van der Waals surface area contributed by atoms with E-state index in [2.05, 4.69) is 5.32 Å². The molecule has 1 aromatic rings. The van der Waals surface area contributed by atoms with Gasteiger partial charge in [-0.1, -0.05) is 6.42 Å². The van der Waals surface area contributed by atoms with Crippen molar-refractivity contribution in [3.63, 3.8) is 0 Å². The predicted molar refractivity (Wildman–Crippen MR) is 69.6 cm³/mol. The van der Waals surface area contributed by atoms with Gasteiger partial charge in [-0.05, 0) is 25.0 Å². The lowest BCUT2D eigenvalue weighted by Gasteiger charge is -2.15. The highest BCUT2D eigenvalue weighted by Gasteiger charge is 2.24. The number of nitrogens with zero attached hydrogens (tertiary/aromatic N) is 2. The average Bonchev–Trinajstić information content (AvgIpc) is 2.81. The molecule has 1 aliphatic rings. The fourth-order valence-corrected chi connectivity index (χ4v) is 2.40. The standard InChI is InChI=1S/C13H15N3O3/c14-7-10-6-11(4-5-12(10)16(18)19)15-8-9-2-1-3-13(9)17/h4-6,9,13,15,17H,1-3,8H2. The lowest BCUT2D eigenvalue weighted by Crippen LogP contribution is -2.21. The summed E-state index contributed by atoms with van der Waals surface area (Å²) >= 11 is 0.